The van der Waals surface area contributed by atoms with Gasteiger partial charge in [-0.15, -0.1) is 10.2 Å². The van der Waals surface area contributed by atoms with Crippen LogP contribution in [-0.2, 0) is 6.54 Å². The number of carbonyl (C=O) groups is 1. The summed E-state index contributed by atoms with van der Waals surface area (Å²) < 4.78 is 6.90. The fourth-order valence-electron chi connectivity index (χ4n) is 3.82. The SMILES string of the molecule is O=C(NCc1nnc(SCCCN2CCN(c3nc4ccccc4s3)CC2)o1)c1ccccc1. The van der Waals surface area contributed by atoms with Gasteiger partial charge in [0.2, 0.25) is 5.89 Å². The highest BCUT2D eigenvalue weighted by atomic mass is 32.2. The minimum Gasteiger partial charge on any atom is -0.414 e. The second-order valence-electron chi connectivity index (χ2n) is 8.01. The standard InChI is InChI=1S/C24H26N6O2S2/c31-22(18-7-2-1-3-8-18)25-17-21-27-28-24(32-21)33-16-6-11-29-12-14-30(15-13-29)23-26-19-9-4-5-10-20(19)34-23/h1-5,7-10H,6,11-17H2,(H,25,31). The molecule has 10 heteroatoms. The monoisotopic (exact) mass is 494 g/mol. The zero-order valence-corrected chi connectivity index (χ0v) is 20.4. The van der Waals surface area contributed by atoms with Gasteiger partial charge in [-0.3, -0.25) is 9.69 Å². The molecule has 0 aliphatic carbocycles. The molecule has 1 amide bonds. The van der Waals surface area contributed by atoms with Gasteiger partial charge in [0.25, 0.3) is 11.1 Å². The van der Waals surface area contributed by atoms with Crippen molar-refractivity contribution in [2.75, 3.05) is 43.4 Å². The van der Waals surface area contributed by atoms with E-state index in [0.717, 1.165) is 55.5 Å². The Balaban J connectivity index is 0.994. The minimum absolute atomic E-state index is 0.156. The molecule has 1 saturated heterocycles. The summed E-state index contributed by atoms with van der Waals surface area (Å²) in [4.78, 5) is 21.8. The summed E-state index contributed by atoms with van der Waals surface area (Å²) in [6, 6.07) is 17.4. The molecule has 0 unspecified atom stereocenters. The summed E-state index contributed by atoms with van der Waals surface area (Å²) in [6.45, 7) is 5.39. The minimum atomic E-state index is -0.156. The van der Waals surface area contributed by atoms with E-state index in [9.17, 15) is 4.79 Å². The third-order valence-corrected chi connectivity index (χ3v) is 7.66. The van der Waals surface area contributed by atoms with Crippen molar-refractivity contribution in [2.24, 2.45) is 0 Å². The molecule has 34 heavy (non-hydrogen) atoms. The van der Waals surface area contributed by atoms with Crippen molar-refractivity contribution in [3.05, 3.63) is 66.1 Å². The fraction of sp³-hybridized carbons (Fsp3) is 0.333. The van der Waals surface area contributed by atoms with Gasteiger partial charge in [0.05, 0.1) is 16.8 Å². The number of hydrogen-bond donors (Lipinski definition) is 1. The van der Waals surface area contributed by atoms with Crippen molar-refractivity contribution in [3.8, 4) is 0 Å². The number of anilines is 1. The first kappa shape index (κ1) is 22.8. The molecule has 8 nitrogen and oxygen atoms in total. The summed E-state index contributed by atoms with van der Waals surface area (Å²) >= 11 is 3.34. The number of aromatic nitrogens is 3. The van der Waals surface area contributed by atoms with Gasteiger partial charge in [-0.25, -0.2) is 4.98 Å². The molecule has 5 rings (SSSR count). The number of piperazine rings is 1. The van der Waals surface area contributed by atoms with Crippen molar-refractivity contribution >= 4 is 44.4 Å². The molecule has 176 valence electrons. The van der Waals surface area contributed by atoms with E-state index in [-0.39, 0.29) is 12.5 Å². The Hall–Kier alpha value is -2.95. The van der Waals surface area contributed by atoms with Crippen molar-refractivity contribution < 1.29 is 9.21 Å². The first-order valence-corrected chi connectivity index (χ1v) is 13.2. The number of benzene rings is 2. The zero-order valence-electron chi connectivity index (χ0n) is 18.7. The van der Waals surface area contributed by atoms with Gasteiger partial charge in [0.15, 0.2) is 5.13 Å². The summed E-state index contributed by atoms with van der Waals surface area (Å²) in [5, 5.41) is 12.6. The number of nitrogens with zero attached hydrogens (tertiary/aromatic N) is 5. The van der Waals surface area contributed by atoms with Crippen molar-refractivity contribution in [3.63, 3.8) is 0 Å². The third-order valence-electron chi connectivity index (χ3n) is 5.65. The Labute approximate surface area is 206 Å². The predicted molar refractivity (Wildman–Crippen MR) is 136 cm³/mol. The maximum atomic E-state index is 12.1. The molecule has 2 aromatic heterocycles. The summed E-state index contributed by atoms with van der Waals surface area (Å²) in [5.41, 5.74) is 1.70. The molecule has 0 spiro atoms. The fourth-order valence-corrected chi connectivity index (χ4v) is 5.54. The van der Waals surface area contributed by atoms with Gasteiger partial charge in [0, 0.05) is 37.5 Å². The summed E-state index contributed by atoms with van der Waals surface area (Å²) in [5.74, 6) is 1.17. The van der Waals surface area contributed by atoms with Crippen LogP contribution in [0.1, 0.15) is 22.7 Å². The molecule has 0 atom stereocenters. The average molecular weight is 495 g/mol. The van der Waals surface area contributed by atoms with Crippen LogP contribution in [0.15, 0.2) is 64.2 Å². The van der Waals surface area contributed by atoms with Crippen molar-refractivity contribution in [2.45, 2.75) is 18.2 Å². The van der Waals surface area contributed by atoms with Crippen LogP contribution in [-0.4, -0.2) is 64.5 Å². The van der Waals surface area contributed by atoms with Crippen LogP contribution < -0.4 is 10.2 Å². The second-order valence-corrected chi connectivity index (χ2v) is 10.1. The molecule has 1 aliphatic heterocycles. The van der Waals surface area contributed by atoms with Crippen LogP contribution in [0.4, 0.5) is 5.13 Å². The highest BCUT2D eigenvalue weighted by molar-refractivity contribution is 7.99. The lowest BCUT2D eigenvalue weighted by Crippen LogP contribution is -2.46. The first-order valence-electron chi connectivity index (χ1n) is 11.4. The molecule has 4 aromatic rings. The average Bonchev–Trinajstić information content (AvgIpc) is 3.53. The second kappa shape index (κ2) is 11.0. The van der Waals surface area contributed by atoms with Crippen molar-refractivity contribution in [1.82, 2.24) is 25.4 Å². The molecular weight excluding hydrogens is 468 g/mol. The van der Waals surface area contributed by atoms with Gasteiger partial charge in [-0.2, -0.15) is 0 Å². The van der Waals surface area contributed by atoms with Crippen LogP contribution in [0, 0.1) is 0 Å². The van der Waals surface area contributed by atoms with Gasteiger partial charge in [-0.05, 0) is 37.2 Å². The highest BCUT2D eigenvalue weighted by Crippen LogP contribution is 2.29. The topological polar surface area (TPSA) is 87.4 Å². The highest BCUT2D eigenvalue weighted by Gasteiger charge is 2.19. The third kappa shape index (κ3) is 5.75. The number of carbonyl (C=O) groups excluding carboxylic acids is 1. The number of amides is 1. The molecule has 1 aliphatic rings. The number of para-hydroxylation sites is 1. The van der Waals surface area contributed by atoms with E-state index < -0.39 is 0 Å². The van der Waals surface area contributed by atoms with Crippen LogP contribution in [0.5, 0.6) is 0 Å². The molecule has 0 radical (unpaired) electrons. The maximum absolute atomic E-state index is 12.1. The Morgan fingerprint density at radius 1 is 1.03 bits per heavy atom. The number of thioether (sulfide) groups is 1. The number of nitrogens with one attached hydrogen (secondary N) is 1. The number of hydrogen-bond acceptors (Lipinski definition) is 9. The van der Waals surface area contributed by atoms with Gasteiger partial charge < -0.3 is 14.6 Å². The zero-order chi connectivity index (χ0) is 23.2. The molecule has 0 bridgehead atoms. The number of fused-ring (bicyclic) bond motifs is 1. The summed E-state index contributed by atoms with van der Waals surface area (Å²) in [7, 11) is 0. The van der Waals surface area contributed by atoms with Crippen LogP contribution in [0.2, 0.25) is 0 Å². The van der Waals surface area contributed by atoms with Crippen LogP contribution >= 0.6 is 23.1 Å². The molecule has 1 fully saturated rings. The lowest BCUT2D eigenvalue weighted by molar-refractivity contribution is 0.0946. The van der Waals surface area contributed by atoms with Gasteiger partial charge in [0.1, 0.15) is 0 Å². The normalized spacial score (nSPS) is 14.5. The predicted octanol–water partition coefficient (Wildman–Crippen LogP) is 3.91. The van der Waals surface area contributed by atoms with E-state index in [1.807, 2.05) is 24.3 Å². The molecular formula is C24H26N6O2S2. The smallest absolute Gasteiger partial charge is 0.276 e. The van der Waals surface area contributed by atoms with E-state index in [1.165, 1.54) is 4.70 Å². The van der Waals surface area contributed by atoms with Crippen molar-refractivity contribution in [1.29, 1.82) is 0 Å². The molecule has 0 saturated carbocycles. The van der Waals surface area contributed by atoms with E-state index in [4.69, 9.17) is 9.40 Å². The Kier molecular flexibility index (Phi) is 7.37. The van der Waals surface area contributed by atoms with Crippen LogP contribution in [0.3, 0.4) is 0 Å². The van der Waals surface area contributed by atoms with E-state index in [0.29, 0.717) is 16.7 Å². The maximum Gasteiger partial charge on any atom is 0.276 e. The molecule has 1 N–H and O–H groups in total. The lowest BCUT2D eigenvalue weighted by atomic mass is 10.2. The van der Waals surface area contributed by atoms with E-state index in [2.05, 4.69) is 43.5 Å². The quantitative estimate of drug-likeness (QED) is 0.277. The Morgan fingerprint density at radius 3 is 2.65 bits per heavy atom. The number of thiazole rings is 1. The van der Waals surface area contributed by atoms with Gasteiger partial charge in [-0.1, -0.05) is 53.4 Å². The molecule has 2 aromatic carbocycles. The number of rotatable bonds is 9. The largest absolute Gasteiger partial charge is 0.414 e. The van der Waals surface area contributed by atoms with Gasteiger partial charge >= 0.3 is 0 Å². The Bertz CT molecular complexity index is 1190. The van der Waals surface area contributed by atoms with Crippen LogP contribution in [0.25, 0.3) is 10.2 Å². The van der Waals surface area contributed by atoms with E-state index >= 15 is 0 Å². The summed E-state index contributed by atoms with van der Waals surface area (Å²) in [6.07, 6.45) is 1.05. The van der Waals surface area contributed by atoms with E-state index in [1.54, 1.807) is 35.2 Å². The lowest BCUT2D eigenvalue weighted by Gasteiger charge is -2.34. The first-order chi connectivity index (χ1) is 16.7. The molecule has 3 heterocycles. The Morgan fingerprint density at radius 2 is 1.82 bits per heavy atom.